The van der Waals surface area contributed by atoms with Gasteiger partial charge in [0.05, 0.1) is 5.02 Å². The van der Waals surface area contributed by atoms with Crippen molar-refractivity contribution in [2.45, 2.75) is 18.7 Å². The molecule has 1 aromatic carbocycles. The zero-order chi connectivity index (χ0) is 14.4. The van der Waals surface area contributed by atoms with E-state index in [9.17, 15) is 18.0 Å². The highest BCUT2D eigenvalue weighted by Gasteiger charge is 2.52. The molecule has 0 saturated heterocycles. The number of carboxylic acids is 1. The van der Waals surface area contributed by atoms with Crippen molar-refractivity contribution in [1.29, 1.82) is 0 Å². The molecule has 104 valence electrons. The van der Waals surface area contributed by atoms with Crippen LogP contribution in [-0.4, -0.2) is 23.4 Å². The van der Waals surface area contributed by atoms with Crippen molar-refractivity contribution >= 4 is 40.2 Å². The molecular formula is C11H7ClF3IO3. The fraction of sp³-hybridized carbons (Fsp3) is 0.364. The Balaban J connectivity index is 2.45. The number of hydrogen-bond acceptors (Lipinski definition) is 2. The standard InChI is InChI=1S/C11H7ClF3IO3/c12-6-2-4-1-5(10(17)18)9(11(13,14)15)19-8(4)3-7(6)16/h2-3,5,9H,1H2,(H,17,18). The van der Waals surface area contributed by atoms with Gasteiger partial charge in [0.1, 0.15) is 11.7 Å². The summed E-state index contributed by atoms with van der Waals surface area (Å²) in [4.78, 5) is 11.0. The molecule has 8 heteroatoms. The van der Waals surface area contributed by atoms with Crippen molar-refractivity contribution in [2.75, 3.05) is 0 Å². The number of halogens is 5. The Bertz CT molecular complexity index is 533. The highest BCUT2D eigenvalue weighted by molar-refractivity contribution is 14.1. The van der Waals surface area contributed by atoms with Gasteiger partial charge in [-0.25, -0.2) is 0 Å². The molecule has 0 fully saturated rings. The van der Waals surface area contributed by atoms with E-state index >= 15 is 0 Å². The lowest BCUT2D eigenvalue weighted by Gasteiger charge is -2.32. The van der Waals surface area contributed by atoms with Gasteiger partial charge in [-0.05, 0) is 46.7 Å². The minimum absolute atomic E-state index is 0.0358. The normalized spacial score (nSPS) is 22.6. The summed E-state index contributed by atoms with van der Waals surface area (Å²) in [5.74, 6) is -3.17. The van der Waals surface area contributed by atoms with E-state index < -0.39 is 24.2 Å². The zero-order valence-corrected chi connectivity index (χ0v) is 12.1. The molecule has 1 N–H and O–H groups in total. The van der Waals surface area contributed by atoms with Gasteiger partial charge in [-0.1, -0.05) is 11.6 Å². The fourth-order valence-corrected chi connectivity index (χ4v) is 2.54. The Morgan fingerprint density at radius 2 is 2.11 bits per heavy atom. The molecule has 0 radical (unpaired) electrons. The highest BCUT2D eigenvalue weighted by atomic mass is 127. The summed E-state index contributed by atoms with van der Waals surface area (Å²) in [6.07, 6.45) is -7.33. The number of rotatable bonds is 1. The molecule has 1 aromatic rings. The van der Waals surface area contributed by atoms with Gasteiger partial charge in [0.2, 0.25) is 6.10 Å². The largest absolute Gasteiger partial charge is 0.481 e. The molecule has 0 spiro atoms. The van der Waals surface area contributed by atoms with Crippen LogP contribution in [0.2, 0.25) is 5.02 Å². The average Bonchev–Trinajstić information content (AvgIpc) is 2.27. The lowest BCUT2D eigenvalue weighted by molar-refractivity contribution is -0.217. The third-order valence-electron chi connectivity index (χ3n) is 2.80. The molecule has 1 aliphatic heterocycles. The van der Waals surface area contributed by atoms with Crippen molar-refractivity contribution in [2.24, 2.45) is 5.92 Å². The zero-order valence-electron chi connectivity index (χ0n) is 9.17. The van der Waals surface area contributed by atoms with E-state index in [-0.39, 0.29) is 12.2 Å². The molecule has 19 heavy (non-hydrogen) atoms. The molecule has 0 aliphatic carbocycles. The predicted molar refractivity (Wildman–Crippen MR) is 69.5 cm³/mol. The Labute approximate surface area is 124 Å². The van der Waals surface area contributed by atoms with Crippen molar-refractivity contribution in [3.8, 4) is 5.75 Å². The van der Waals surface area contributed by atoms with Crippen LogP contribution in [0.1, 0.15) is 5.56 Å². The molecule has 0 aromatic heterocycles. The van der Waals surface area contributed by atoms with Crippen molar-refractivity contribution in [3.05, 3.63) is 26.3 Å². The van der Waals surface area contributed by atoms with Gasteiger partial charge in [-0.15, -0.1) is 0 Å². The Morgan fingerprint density at radius 1 is 1.47 bits per heavy atom. The van der Waals surface area contributed by atoms with Gasteiger partial charge in [0.25, 0.3) is 0 Å². The van der Waals surface area contributed by atoms with E-state index in [0.717, 1.165) is 0 Å². The molecule has 1 aliphatic rings. The lowest BCUT2D eigenvalue weighted by atomic mass is 9.90. The molecule has 1 heterocycles. The van der Waals surface area contributed by atoms with Crippen LogP contribution in [0.4, 0.5) is 13.2 Å². The third kappa shape index (κ3) is 2.91. The molecule has 2 atom stereocenters. The molecule has 2 rings (SSSR count). The van der Waals surface area contributed by atoms with Gasteiger partial charge >= 0.3 is 12.1 Å². The summed E-state index contributed by atoms with van der Waals surface area (Å²) in [7, 11) is 0. The third-order valence-corrected chi connectivity index (χ3v) is 4.33. The number of fused-ring (bicyclic) bond motifs is 1. The van der Waals surface area contributed by atoms with Gasteiger partial charge in [0, 0.05) is 3.57 Å². The topological polar surface area (TPSA) is 46.5 Å². The Kier molecular flexibility index (Phi) is 3.87. The van der Waals surface area contributed by atoms with Gasteiger partial charge in [-0.2, -0.15) is 13.2 Å². The number of carboxylic acid groups (broad SMARTS) is 1. The molecule has 0 saturated carbocycles. The van der Waals surface area contributed by atoms with E-state index in [4.69, 9.17) is 21.4 Å². The SMILES string of the molecule is O=C(O)C1Cc2cc(Cl)c(I)cc2OC1C(F)(F)F. The number of ether oxygens (including phenoxy) is 1. The molecule has 2 unspecified atom stereocenters. The van der Waals surface area contributed by atoms with Crippen molar-refractivity contribution in [1.82, 2.24) is 0 Å². The van der Waals surface area contributed by atoms with E-state index in [1.807, 2.05) is 22.6 Å². The smallest absolute Gasteiger partial charge is 0.426 e. The number of hydrogen-bond donors (Lipinski definition) is 1. The average molecular weight is 407 g/mol. The van der Waals surface area contributed by atoms with Gasteiger partial charge < -0.3 is 9.84 Å². The van der Waals surface area contributed by atoms with E-state index in [1.165, 1.54) is 12.1 Å². The maximum Gasteiger partial charge on any atom is 0.426 e. The summed E-state index contributed by atoms with van der Waals surface area (Å²) < 4.78 is 43.8. The maximum absolute atomic E-state index is 12.8. The first kappa shape index (κ1) is 14.7. The summed E-state index contributed by atoms with van der Waals surface area (Å²) in [6, 6.07) is 2.83. The Hall–Kier alpha value is -0.700. The van der Waals surface area contributed by atoms with Crippen LogP contribution >= 0.6 is 34.2 Å². The second-order valence-electron chi connectivity index (χ2n) is 4.10. The summed E-state index contributed by atoms with van der Waals surface area (Å²) >= 11 is 7.73. The Morgan fingerprint density at radius 3 is 2.63 bits per heavy atom. The minimum atomic E-state index is -4.73. The number of aliphatic carboxylic acids is 1. The number of alkyl halides is 3. The van der Waals surface area contributed by atoms with Crippen LogP contribution in [0, 0.1) is 9.49 Å². The van der Waals surface area contributed by atoms with Crippen LogP contribution in [0.25, 0.3) is 0 Å². The molecule has 0 amide bonds. The van der Waals surface area contributed by atoms with Gasteiger partial charge in [-0.3, -0.25) is 4.79 Å². The molecule has 3 nitrogen and oxygen atoms in total. The van der Waals surface area contributed by atoms with Crippen LogP contribution in [-0.2, 0) is 11.2 Å². The van der Waals surface area contributed by atoms with Gasteiger partial charge in [0.15, 0.2) is 0 Å². The molecule has 0 bridgehead atoms. The second-order valence-corrected chi connectivity index (χ2v) is 5.67. The van der Waals surface area contributed by atoms with Crippen LogP contribution in [0.3, 0.4) is 0 Å². The first-order valence-corrected chi connectivity index (χ1v) is 6.60. The maximum atomic E-state index is 12.8. The van der Waals surface area contributed by atoms with E-state index in [0.29, 0.717) is 14.2 Å². The quantitative estimate of drug-likeness (QED) is 0.726. The first-order valence-electron chi connectivity index (χ1n) is 5.14. The van der Waals surface area contributed by atoms with Crippen LogP contribution in [0.5, 0.6) is 5.75 Å². The fourth-order valence-electron chi connectivity index (χ4n) is 1.91. The second kappa shape index (κ2) is 5.01. The summed E-state index contributed by atoms with van der Waals surface area (Å²) in [5.41, 5.74) is 0.373. The highest BCUT2D eigenvalue weighted by Crippen LogP contribution is 2.40. The van der Waals surface area contributed by atoms with E-state index in [2.05, 4.69) is 0 Å². The lowest BCUT2D eigenvalue weighted by Crippen LogP contribution is -2.47. The van der Waals surface area contributed by atoms with Crippen molar-refractivity contribution < 1.29 is 27.8 Å². The summed E-state index contributed by atoms with van der Waals surface area (Å²) in [5, 5.41) is 9.27. The van der Waals surface area contributed by atoms with Crippen molar-refractivity contribution in [3.63, 3.8) is 0 Å². The monoisotopic (exact) mass is 406 g/mol. The van der Waals surface area contributed by atoms with Crippen LogP contribution < -0.4 is 4.74 Å². The van der Waals surface area contributed by atoms with E-state index in [1.54, 1.807) is 0 Å². The number of benzene rings is 1. The van der Waals surface area contributed by atoms with Crippen LogP contribution in [0.15, 0.2) is 12.1 Å². The predicted octanol–water partition coefficient (Wildman–Crippen LogP) is 3.51. The first-order chi connectivity index (χ1) is 8.70. The minimum Gasteiger partial charge on any atom is -0.481 e. The molecular weight excluding hydrogens is 399 g/mol. The number of carbonyl (C=O) groups is 1. The summed E-state index contributed by atoms with van der Waals surface area (Å²) in [6.45, 7) is 0.